The van der Waals surface area contributed by atoms with Gasteiger partial charge in [-0.25, -0.2) is 14.6 Å². The molecule has 2 aromatic heterocycles. The molecule has 0 bridgehead atoms. The van der Waals surface area contributed by atoms with Crippen molar-refractivity contribution in [2.75, 3.05) is 7.11 Å². The largest absolute Gasteiger partial charge is 0.494 e. The Morgan fingerprint density at radius 2 is 2.05 bits per heavy atom. The van der Waals surface area contributed by atoms with E-state index in [-0.39, 0.29) is 0 Å². The minimum absolute atomic E-state index is 0.492. The van der Waals surface area contributed by atoms with Crippen LogP contribution in [0.2, 0.25) is 0 Å². The Labute approximate surface area is 132 Å². The first-order chi connectivity index (χ1) is 10.8. The van der Waals surface area contributed by atoms with E-state index in [9.17, 15) is 0 Å². The van der Waals surface area contributed by atoms with Crippen molar-refractivity contribution in [2.45, 2.75) is 25.7 Å². The number of para-hydroxylation sites is 2. The molecule has 0 unspecified atom stereocenters. The first kappa shape index (κ1) is 13.5. The van der Waals surface area contributed by atoms with Gasteiger partial charge in [-0.15, -0.1) is 16.4 Å². The van der Waals surface area contributed by atoms with E-state index in [0.717, 1.165) is 28.0 Å². The van der Waals surface area contributed by atoms with Crippen molar-refractivity contribution in [3.8, 4) is 23.0 Å². The third-order valence-electron chi connectivity index (χ3n) is 3.74. The van der Waals surface area contributed by atoms with E-state index in [2.05, 4.69) is 4.98 Å². The van der Waals surface area contributed by atoms with E-state index in [0.29, 0.717) is 11.7 Å². The lowest BCUT2D eigenvalue weighted by molar-refractivity contribution is 0.411. The molecule has 4 rings (SSSR count). The van der Waals surface area contributed by atoms with Gasteiger partial charge < -0.3 is 4.74 Å². The number of hydrogen-bond acceptors (Lipinski definition) is 5. The van der Waals surface area contributed by atoms with E-state index >= 15 is 0 Å². The van der Waals surface area contributed by atoms with Crippen molar-refractivity contribution in [3.05, 3.63) is 40.5 Å². The van der Waals surface area contributed by atoms with Gasteiger partial charge in [-0.05, 0) is 31.9 Å². The van der Waals surface area contributed by atoms with Gasteiger partial charge in [-0.2, -0.15) is 0 Å². The van der Waals surface area contributed by atoms with Crippen LogP contribution < -0.4 is 4.74 Å². The number of methoxy groups -OCH3 is 1. The summed E-state index contributed by atoms with van der Waals surface area (Å²) in [4.78, 5) is 9.25. The van der Waals surface area contributed by atoms with Crippen molar-refractivity contribution in [1.29, 1.82) is 0 Å². The molecule has 0 amide bonds. The van der Waals surface area contributed by atoms with Gasteiger partial charge in [0.1, 0.15) is 23.0 Å². The van der Waals surface area contributed by atoms with Gasteiger partial charge in [0.25, 0.3) is 0 Å². The molecule has 0 spiro atoms. The summed E-state index contributed by atoms with van der Waals surface area (Å²) in [6.07, 6.45) is 2.34. The molecule has 1 aliphatic carbocycles. The van der Waals surface area contributed by atoms with Crippen LogP contribution in [0, 0.1) is 6.92 Å². The molecule has 22 heavy (non-hydrogen) atoms. The van der Waals surface area contributed by atoms with E-state index in [1.807, 2.05) is 41.3 Å². The van der Waals surface area contributed by atoms with E-state index in [1.54, 1.807) is 18.4 Å². The van der Waals surface area contributed by atoms with Gasteiger partial charge in [0.05, 0.1) is 12.1 Å². The number of aryl methyl sites for hydroxylation is 1. The number of aromatic nitrogens is 4. The van der Waals surface area contributed by atoms with Crippen molar-refractivity contribution in [3.63, 3.8) is 0 Å². The van der Waals surface area contributed by atoms with Crippen LogP contribution in [0.5, 0.6) is 5.75 Å². The highest BCUT2D eigenvalue weighted by Gasteiger charge is 2.31. The number of rotatable bonds is 4. The highest BCUT2D eigenvalue weighted by molar-refractivity contribution is 7.09. The summed E-state index contributed by atoms with van der Waals surface area (Å²) in [7, 11) is 1.68. The SMILES string of the molecule is COc1ccccc1-n1nc(-c2csc(C)n2)nc1C1CC1. The maximum absolute atomic E-state index is 5.47. The van der Waals surface area contributed by atoms with Crippen LogP contribution in [-0.2, 0) is 0 Å². The first-order valence-electron chi connectivity index (χ1n) is 7.29. The number of hydrogen-bond donors (Lipinski definition) is 0. The van der Waals surface area contributed by atoms with Gasteiger partial charge in [0.2, 0.25) is 5.82 Å². The Balaban J connectivity index is 1.86. The molecule has 0 saturated heterocycles. The average molecular weight is 312 g/mol. The lowest BCUT2D eigenvalue weighted by Gasteiger charge is -2.09. The second kappa shape index (κ2) is 5.21. The zero-order chi connectivity index (χ0) is 15.1. The van der Waals surface area contributed by atoms with Gasteiger partial charge in [-0.3, -0.25) is 0 Å². The summed E-state index contributed by atoms with van der Waals surface area (Å²) >= 11 is 1.62. The second-order valence-electron chi connectivity index (χ2n) is 5.40. The topological polar surface area (TPSA) is 52.8 Å². The normalized spacial score (nSPS) is 14.3. The van der Waals surface area contributed by atoms with Crippen molar-refractivity contribution in [1.82, 2.24) is 19.7 Å². The molecule has 0 N–H and O–H groups in total. The van der Waals surface area contributed by atoms with Crippen LogP contribution in [0.25, 0.3) is 17.2 Å². The lowest BCUT2D eigenvalue weighted by Crippen LogP contribution is -2.04. The molecule has 1 aromatic carbocycles. The molecule has 1 fully saturated rings. The molecular formula is C16H16N4OS. The maximum Gasteiger partial charge on any atom is 0.201 e. The first-order valence-corrected chi connectivity index (χ1v) is 8.17. The predicted molar refractivity (Wildman–Crippen MR) is 85.7 cm³/mol. The molecule has 5 nitrogen and oxygen atoms in total. The van der Waals surface area contributed by atoms with E-state index < -0.39 is 0 Å². The quantitative estimate of drug-likeness (QED) is 0.739. The number of nitrogens with zero attached hydrogens (tertiary/aromatic N) is 4. The van der Waals surface area contributed by atoms with Crippen LogP contribution in [-0.4, -0.2) is 26.9 Å². The molecule has 1 saturated carbocycles. The minimum atomic E-state index is 0.492. The predicted octanol–water partition coefficient (Wildman–Crippen LogP) is 3.59. The van der Waals surface area contributed by atoms with Crippen molar-refractivity contribution >= 4 is 11.3 Å². The minimum Gasteiger partial charge on any atom is -0.494 e. The monoisotopic (exact) mass is 312 g/mol. The Hall–Kier alpha value is -2.21. The van der Waals surface area contributed by atoms with Crippen molar-refractivity contribution in [2.24, 2.45) is 0 Å². The number of thiazole rings is 1. The Bertz CT molecular complexity index is 819. The third kappa shape index (κ3) is 2.29. The highest BCUT2D eigenvalue weighted by Crippen LogP contribution is 2.41. The second-order valence-corrected chi connectivity index (χ2v) is 6.47. The smallest absolute Gasteiger partial charge is 0.201 e. The summed E-state index contributed by atoms with van der Waals surface area (Å²) in [6.45, 7) is 1.99. The van der Waals surface area contributed by atoms with Crippen LogP contribution in [0.3, 0.4) is 0 Å². The van der Waals surface area contributed by atoms with Gasteiger partial charge in [0, 0.05) is 11.3 Å². The molecule has 3 aromatic rings. The third-order valence-corrected chi connectivity index (χ3v) is 4.51. The fourth-order valence-corrected chi connectivity index (χ4v) is 3.08. The molecular weight excluding hydrogens is 296 g/mol. The van der Waals surface area contributed by atoms with E-state index in [1.165, 1.54) is 12.8 Å². The van der Waals surface area contributed by atoms with Gasteiger partial charge in [-0.1, -0.05) is 12.1 Å². The fourth-order valence-electron chi connectivity index (χ4n) is 2.49. The van der Waals surface area contributed by atoms with Crippen LogP contribution in [0.4, 0.5) is 0 Å². The van der Waals surface area contributed by atoms with Crippen LogP contribution in [0.15, 0.2) is 29.6 Å². The molecule has 0 aliphatic heterocycles. The molecule has 112 valence electrons. The lowest BCUT2D eigenvalue weighted by atomic mass is 10.3. The Morgan fingerprint density at radius 3 is 2.73 bits per heavy atom. The number of ether oxygens (including phenoxy) is 1. The van der Waals surface area contributed by atoms with Crippen LogP contribution >= 0.6 is 11.3 Å². The summed E-state index contributed by atoms with van der Waals surface area (Å²) in [5.74, 6) is 2.99. The van der Waals surface area contributed by atoms with E-state index in [4.69, 9.17) is 14.8 Å². The molecule has 0 radical (unpaired) electrons. The molecule has 6 heteroatoms. The summed E-state index contributed by atoms with van der Waals surface area (Å²) in [6, 6.07) is 7.90. The Morgan fingerprint density at radius 1 is 1.23 bits per heavy atom. The number of benzene rings is 1. The Kier molecular flexibility index (Phi) is 3.18. The summed E-state index contributed by atoms with van der Waals surface area (Å²) < 4.78 is 7.39. The zero-order valence-electron chi connectivity index (χ0n) is 12.5. The average Bonchev–Trinajstić information content (AvgIpc) is 3.14. The molecule has 1 aliphatic rings. The van der Waals surface area contributed by atoms with Gasteiger partial charge in [0.15, 0.2) is 0 Å². The zero-order valence-corrected chi connectivity index (χ0v) is 13.3. The highest BCUT2D eigenvalue weighted by atomic mass is 32.1. The summed E-state index contributed by atoms with van der Waals surface area (Å²) in [5.41, 5.74) is 1.77. The maximum atomic E-state index is 5.47. The standard InChI is InChI=1S/C16H16N4OS/c1-10-17-12(9-22-10)15-18-16(11-7-8-11)20(19-15)13-5-3-4-6-14(13)21-2/h3-6,9,11H,7-8H2,1-2H3. The van der Waals surface area contributed by atoms with Gasteiger partial charge >= 0.3 is 0 Å². The molecule has 0 atom stereocenters. The molecule has 2 heterocycles. The fraction of sp³-hybridized carbons (Fsp3) is 0.312. The van der Waals surface area contributed by atoms with Crippen molar-refractivity contribution < 1.29 is 4.74 Å². The van der Waals surface area contributed by atoms with Crippen LogP contribution in [0.1, 0.15) is 29.6 Å². The summed E-state index contributed by atoms with van der Waals surface area (Å²) in [5, 5.41) is 7.74.